The van der Waals surface area contributed by atoms with Gasteiger partial charge in [-0.15, -0.1) is 0 Å². The summed E-state index contributed by atoms with van der Waals surface area (Å²) in [4.78, 5) is 25.3. The number of benzene rings is 1. The first-order chi connectivity index (χ1) is 9.94. The van der Waals surface area contributed by atoms with Gasteiger partial charge >= 0.3 is 0 Å². The first-order valence-corrected chi connectivity index (χ1v) is 8.16. The van der Waals surface area contributed by atoms with Gasteiger partial charge in [0.05, 0.1) is 23.9 Å². The minimum absolute atomic E-state index is 0.0350. The highest BCUT2D eigenvalue weighted by atomic mass is 32.2. The molecule has 2 N–H and O–H groups in total. The van der Waals surface area contributed by atoms with Crippen LogP contribution in [0, 0.1) is 0 Å². The zero-order valence-electron chi connectivity index (χ0n) is 11.6. The Morgan fingerprint density at radius 1 is 1.24 bits per heavy atom. The maximum absolute atomic E-state index is 12.2. The zero-order valence-corrected chi connectivity index (χ0v) is 12.4. The topological polar surface area (TPSA) is 95.6 Å². The summed E-state index contributed by atoms with van der Waals surface area (Å²) >= 11 is 0. The van der Waals surface area contributed by atoms with E-state index in [1.807, 2.05) is 0 Å². The first kappa shape index (κ1) is 15.6. The molecule has 1 atom stereocenters. The average Bonchev–Trinajstić information content (AvgIpc) is 2.74. The Morgan fingerprint density at radius 2 is 1.90 bits per heavy atom. The molecule has 1 aliphatic rings. The van der Waals surface area contributed by atoms with Crippen molar-refractivity contribution in [3.63, 3.8) is 0 Å². The fourth-order valence-corrected chi connectivity index (χ4v) is 2.70. The molecule has 2 rings (SSSR count). The molecule has 1 unspecified atom stereocenters. The summed E-state index contributed by atoms with van der Waals surface area (Å²) in [6.45, 7) is 0.107. The summed E-state index contributed by atoms with van der Waals surface area (Å²) < 4.78 is 24.8. The smallest absolute Gasteiger partial charge is 0.251 e. The van der Waals surface area contributed by atoms with Crippen molar-refractivity contribution in [2.24, 2.45) is 0 Å². The highest BCUT2D eigenvalue weighted by Gasteiger charge is 2.39. The number of para-hydroxylation sites is 1. The van der Waals surface area contributed by atoms with Gasteiger partial charge in [-0.1, -0.05) is 18.2 Å². The standard InChI is InChI=1S/C13H17N3O4S/c1-14-21(19,20)8-7-15-11-9-12(17)16(13(11)18)10-5-3-2-4-6-10/h2-6,11,14-15H,7-9H2,1H3. The second-order valence-electron chi connectivity index (χ2n) is 4.64. The molecule has 7 nitrogen and oxygen atoms in total. The van der Waals surface area contributed by atoms with Crippen molar-refractivity contribution >= 4 is 27.5 Å². The number of amides is 2. The van der Waals surface area contributed by atoms with Crippen LogP contribution in [0.15, 0.2) is 30.3 Å². The number of nitrogens with zero attached hydrogens (tertiary/aromatic N) is 1. The fourth-order valence-electron chi connectivity index (χ4n) is 2.11. The molecule has 1 aromatic carbocycles. The van der Waals surface area contributed by atoms with Crippen molar-refractivity contribution in [2.45, 2.75) is 12.5 Å². The van der Waals surface area contributed by atoms with E-state index >= 15 is 0 Å². The van der Waals surface area contributed by atoms with Gasteiger partial charge in [0.25, 0.3) is 5.91 Å². The van der Waals surface area contributed by atoms with Crippen molar-refractivity contribution in [2.75, 3.05) is 24.2 Å². The van der Waals surface area contributed by atoms with E-state index in [1.165, 1.54) is 7.05 Å². The number of rotatable bonds is 6. The second-order valence-corrected chi connectivity index (χ2v) is 6.68. The van der Waals surface area contributed by atoms with E-state index in [1.54, 1.807) is 30.3 Å². The lowest BCUT2D eigenvalue weighted by atomic mass is 10.2. The summed E-state index contributed by atoms with van der Waals surface area (Å²) in [7, 11) is -2.00. The van der Waals surface area contributed by atoms with Gasteiger partial charge in [0.2, 0.25) is 15.9 Å². The molecule has 0 aliphatic carbocycles. The summed E-state index contributed by atoms with van der Waals surface area (Å²) in [6, 6.07) is 7.98. The molecule has 114 valence electrons. The summed E-state index contributed by atoms with van der Waals surface area (Å²) in [5, 5.41) is 2.82. The third-order valence-electron chi connectivity index (χ3n) is 3.23. The van der Waals surface area contributed by atoms with Crippen molar-refractivity contribution in [1.82, 2.24) is 10.0 Å². The molecule has 0 bridgehead atoms. The zero-order chi connectivity index (χ0) is 15.5. The second kappa shape index (κ2) is 6.33. The van der Waals surface area contributed by atoms with Crippen LogP contribution < -0.4 is 14.9 Å². The lowest BCUT2D eigenvalue weighted by Gasteiger charge is -2.15. The van der Waals surface area contributed by atoms with E-state index in [4.69, 9.17) is 0 Å². The van der Waals surface area contributed by atoms with Crippen LogP contribution in [0.1, 0.15) is 6.42 Å². The minimum atomic E-state index is -3.33. The van der Waals surface area contributed by atoms with E-state index in [9.17, 15) is 18.0 Å². The van der Waals surface area contributed by atoms with Gasteiger partial charge in [-0.25, -0.2) is 18.0 Å². The largest absolute Gasteiger partial charge is 0.304 e. The van der Waals surface area contributed by atoms with Crippen molar-refractivity contribution in [3.05, 3.63) is 30.3 Å². The van der Waals surface area contributed by atoms with Crippen LogP contribution in [0.3, 0.4) is 0 Å². The molecule has 1 fully saturated rings. The van der Waals surface area contributed by atoms with Gasteiger partial charge in [-0.3, -0.25) is 9.59 Å². The van der Waals surface area contributed by atoms with Crippen molar-refractivity contribution in [3.8, 4) is 0 Å². The Kier molecular flexibility index (Phi) is 4.71. The molecular formula is C13H17N3O4S. The summed E-state index contributed by atoms with van der Waals surface area (Å²) in [5.74, 6) is -0.791. The number of hydrogen-bond acceptors (Lipinski definition) is 5. The van der Waals surface area contributed by atoms with Gasteiger partial charge in [0.1, 0.15) is 0 Å². The van der Waals surface area contributed by atoms with Gasteiger partial charge in [-0.2, -0.15) is 0 Å². The van der Waals surface area contributed by atoms with Crippen LogP contribution in [0.25, 0.3) is 0 Å². The van der Waals surface area contributed by atoms with Crippen LogP contribution in [0.5, 0.6) is 0 Å². The van der Waals surface area contributed by atoms with Gasteiger partial charge in [-0.05, 0) is 19.2 Å². The molecule has 1 aromatic rings. The predicted octanol–water partition coefficient (Wildman–Crippen LogP) is -0.543. The van der Waals surface area contributed by atoms with Crippen LogP contribution in [0.2, 0.25) is 0 Å². The van der Waals surface area contributed by atoms with E-state index in [0.29, 0.717) is 5.69 Å². The molecule has 0 aromatic heterocycles. The molecular weight excluding hydrogens is 294 g/mol. The molecule has 8 heteroatoms. The fraction of sp³-hybridized carbons (Fsp3) is 0.385. The Bertz CT molecular complexity index is 630. The molecule has 2 amide bonds. The number of hydrogen-bond donors (Lipinski definition) is 2. The van der Waals surface area contributed by atoms with Crippen LogP contribution >= 0.6 is 0 Å². The number of nitrogens with one attached hydrogen (secondary N) is 2. The van der Waals surface area contributed by atoms with Gasteiger partial charge in [0, 0.05) is 6.54 Å². The third kappa shape index (κ3) is 3.66. The first-order valence-electron chi connectivity index (χ1n) is 6.51. The monoisotopic (exact) mass is 311 g/mol. The highest BCUT2D eigenvalue weighted by molar-refractivity contribution is 7.89. The van der Waals surface area contributed by atoms with Crippen LogP contribution in [-0.4, -0.2) is 45.6 Å². The maximum Gasteiger partial charge on any atom is 0.251 e. The quantitative estimate of drug-likeness (QED) is 0.688. The number of sulfonamides is 1. The number of imide groups is 1. The number of carbonyl (C=O) groups excluding carboxylic acids is 2. The van der Waals surface area contributed by atoms with E-state index in [0.717, 1.165) is 4.90 Å². The van der Waals surface area contributed by atoms with Crippen LogP contribution in [-0.2, 0) is 19.6 Å². The Hall–Kier alpha value is -1.77. The Morgan fingerprint density at radius 3 is 2.52 bits per heavy atom. The SMILES string of the molecule is CNS(=O)(=O)CCNC1CC(=O)N(c2ccccc2)C1=O. The van der Waals surface area contributed by atoms with E-state index in [-0.39, 0.29) is 30.5 Å². The molecule has 1 saturated heterocycles. The summed E-state index contributed by atoms with van der Waals surface area (Å²) in [5.41, 5.74) is 0.527. The lowest BCUT2D eigenvalue weighted by molar-refractivity contribution is -0.121. The van der Waals surface area contributed by atoms with Gasteiger partial charge < -0.3 is 5.32 Å². The predicted molar refractivity (Wildman–Crippen MR) is 78.2 cm³/mol. The van der Waals surface area contributed by atoms with Crippen molar-refractivity contribution in [1.29, 1.82) is 0 Å². The minimum Gasteiger partial charge on any atom is -0.304 e. The average molecular weight is 311 g/mol. The van der Waals surface area contributed by atoms with E-state index in [2.05, 4.69) is 10.0 Å². The normalized spacial score (nSPS) is 19.3. The maximum atomic E-state index is 12.2. The molecule has 21 heavy (non-hydrogen) atoms. The number of anilines is 1. The van der Waals surface area contributed by atoms with Crippen LogP contribution in [0.4, 0.5) is 5.69 Å². The third-order valence-corrected chi connectivity index (χ3v) is 4.60. The van der Waals surface area contributed by atoms with E-state index < -0.39 is 16.1 Å². The highest BCUT2D eigenvalue weighted by Crippen LogP contribution is 2.22. The molecule has 1 heterocycles. The summed E-state index contributed by atoms with van der Waals surface area (Å²) in [6.07, 6.45) is 0.0350. The molecule has 0 radical (unpaired) electrons. The van der Waals surface area contributed by atoms with Gasteiger partial charge in [0.15, 0.2) is 0 Å². The molecule has 1 aliphatic heterocycles. The number of carbonyl (C=O) groups is 2. The lowest BCUT2D eigenvalue weighted by Crippen LogP contribution is -2.41. The molecule has 0 saturated carbocycles. The Balaban J connectivity index is 1.99. The Labute approximate surface area is 123 Å². The molecule has 0 spiro atoms. The van der Waals surface area contributed by atoms with Crippen molar-refractivity contribution < 1.29 is 18.0 Å².